The number of amides is 1. The van der Waals surface area contributed by atoms with Gasteiger partial charge in [0.25, 0.3) is 0 Å². The molecule has 1 aliphatic rings. The Bertz CT molecular complexity index is 440. The predicted molar refractivity (Wildman–Crippen MR) is 71.5 cm³/mol. The van der Waals surface area contributed by atoms with Crippen LogP contribution in [0.1, 0.15) is 31.4 Å². The normalized spacial score (nSPS) is 16.5. The average Bonchev–Trinajstić information content (AvgIpc) is 2.40. The number of ether oxygens (including phenoxy) is 1. The van der Waals surface area contributed by atoms with Crippen molar-refractivity contribution in [1.82, 2.24) is 5.32 Å². The lowest BCUT2D eigenvalue weighted by Gasteiger charge is -2.26. The van der Waals surface area contributed by atoms with Crippen LogP contribution in [0.5, 0.6) is 0 Å². The molecule has 0 spiro atoms. The number of carbonyl (C=O) groups is 2. The van der Waals surface area contributed by atoms with Crippen LogP contribution in [0.3, 0.4) is 0 Å². The molecule has 102 valence electrons. The lowest BCUT2D eigenvalue weighted by atomic mass is 9.99. The van der Waals surface area contributed by atoms with Crippen molar-refractivity contribution in [2.45, 2.75) is 25.8 Å². The standard InChI is InChI=1S/C15H19NO3/c1-2-13(17)15(12-6-4-3-5-7-12)16-14(18)8-11-9-19-10-11/h3-7,11,15H,2,8-10H2,1H3,(H,16,18)/t15-/m1/s1. The van der Waals surface area contributed by atoms with Gasteiger partial charge in [-0.15, -0.1) is 0 Å². The lowest BCUT2D eigenvalue weighted by molar-refractivity contribution is -0.131. The number of hydrogen-bond donors (Lipinski definition) is 1. The zero-order valence-electron chi connectivity index (χ0n) is 11.1. The van der Waals surface area contributed by atoms with Crippen molar-refractivity contribution in [1.29, 1.82) is 0 Å². The van der Waals surface area contributed by atoms with Crippen LogP contribution in [-0.4, -0.2) is 24.9 Å². The largest absolute Gasteiger partial charge is 0.381 e. The SMILES string of the molecule is CCC(=O)[C@H](NC(=O)CC1COC1)c1ccccc1. The summed E-state index contributed by atoms with van der Waals surface area (Å²) in [7, 11) is 0. The van der Waals surface area contributed by atoms with Gasteiger partial charge in [0.05, 0.1) is 13.2 Å². The Kier molecular flexibility index (Phi) is 4.68. The third kappa shape index (κ3) is 3.64. The molecule has 1 heterocycles. The summed E-state index contributed by atoms with van der Waals surface area (Å²) in [5.74, 6) is 0.251. The molecule has 1 fully saturated rings. The van der Waals surface area contributed by atoms with Crippen molar-refractivity contribution in [2.75, 3.05) is 13.2 Å². The molecule has 1 aromatic carbocycles. The van der Waals surface area contributed by atoms with E-state index in [1.165, 1.54) is 0 Å². The fourth-order valence-corrected chi connectivity index (χ4v) is 2.08. The first-order valence-electron chi connectivity index (χ1n) is 6.65. The summed E-state index contributed by atoms with van der Waals surface area (Å²) in [5.41, 5.74) is 0.840. The third-order valence-corrected chi connectivity index (χ3v) is 3.29. The van der Waals surface area contributed by atoms with Gasteiger partial charge in [0, 0.05) is 18.8 Å². The van der Waals surface area contributed by atoms with E-state index < -0.39 is 6.04 Å². The molecular weight excluding hydrogens is 242 g/mol. The van der Waals surface area contributed by atoms with E-state index in [1.54, 1.807) is 0 Å². The van der Waals surface area contributed by atoms with Crippen molar-refractivity contribution in [3.63, 3.8) is 0 Å². The monoisotopic (exact) mass is 261 g/mol. The molecule has 2 rings (SSSR count). The topological polar surface area (TPSA) is 55.4 Å². The first-order chi connectivity index (χ1) is 9.20. The Morgan fingerprint density at radius 2 is 2.00 bits per heavy atom. The molecule has 1 atom stereocenters. The van der Waals surface area contributed by atoms with Gasteiger partial charge in [-0.2, -0.15) is 0 Å². The minimum absolute atomic E-state index is 0.0319. The predicted octanol–water partition coefficient (Wildman–Crippen LogP) is 1.86. The zero-order valence-corrected chi connectivity index (χ0v) is 11.1. The molecule has 0 aliphatic carbocycles. The van der Waals surface area contributed by atoms with Crippen LogP contribution < -0.4 is 5.32 Å². The van der Waals surface area contributed by atoms with E-state index in [4.69, 9.17) is 4.74 Å². The molecule has 0 aromatic heterocycles. The number of benzene rings is 1. The Labute approximate surface area is 113 Å². The molecule has 1 aromatic rings. The second-order valence-electron chi connectivity index (χ2n) is 4.84. The summed E-state index contributed by atoms with van der Waals surface area (Å²) in [5, 5.41) is 2.84. The maximum Gasteiger partial charge on any atom is 0.221 e. The maximum atomic E-state index is 12.0. The van der Waals surface area contributed by atoms with Gasteiger partial charge >= 0.3 is 0 Å². The van der Waals surface area contributed by atoms with Gasteiger partial charge in [0.2, 0.25) is 5.91 Å². The number of Topliss-reactive ketones (excluding diaryl/α,β-unsaturated/α-hetero) is 1. The highest BCUT2D eigenvalue weighted by Crippen LogP contribution is 2.18. The van der Waals surface area contributed by atoms with Crippen molar-refractivity contribution in [3.05, 3.63) is 35.9 Å². The summed E-state index contributed by atoms with van der Waals surface area (Å²) >= 11 is 0. The maximum absolute atomic E-state index is 12.0. The van der Waals surface area contributed by atoms with Crippen LogP contribution in [-0.2, 0) is 14.3 Å². The molecule has 0 unspecified atom stereocenters. The van der Waals surface area contributed by atoms with Crippen molar-refractivity contribution < 1.29 is 14.3 Å². The van der Waals surface area contributed by atoms with Gasteiger partial charge in [0.15, 0.2) is 5.78 Å². The van der Waals surface area contributed by atoms with E-state index in [0.29, 0.717) is 32.0 Å². The number of rotatable bonds is 6. The smallest absolute Gasteiger partial charge is 0.221 e. The van der Waals surface area contributed by atoms with Gasteiger partial charge in [-0.1, -0.05) is 37.3 Å². The molecule has 19 heavy (non-hydrogen) atoms. The first kappa shape index (κ1) is 13.7. The van der Waals surface area contributed by atoms with E-state index in [1.807, 2.05) is 37.3 Å². The van der Waals surface area contributed by atoms with Gasteiger partial charge < -0.3 is 10.1 Å². The quantitative estimate of drug-likeness (QED) is 0.850. The van der Waals surface area contributed by atoms with Gasteiger partial charge in [-0.25, -0.2) is 0 Å². The fourth-order valence-electron chi connectivity index (χ4n) is 2.08. The second kappa shape index (κ2) is 6.48. The second-order valence-corrected chi connectivity index (χ2v) is 4.84. The van der Waals surface area contributed by atoms with E-state index in [9.17, 15) is 9.59 Å². The molecule has 0 bridgehead atoms. The summed E-state index contributed by atoms with van der Waals surface area (Å²) < 4.78 is 5.05. The molecule has 1 N–H and O–H groups in total. The van der Waals surface area contributed by atoms with E-state index in [0.717, 1.165) is 5.56 Å². The molecule has 1 amide bonds. The molecule has 0 saturated carbocycles. The highest BCUT2D eigenvalue weighted by atomic mass is 16.5. The van der Waals surface area contributed by atoms with Crippen molar-refractivity contribution in [3.8, 4) is 0 Å². The summed E-state index contributed by atoms with van der Waals surface area (Å²) in [6.45, 7) is 3.10. The molecule has 1 aliphatic heterocycles. The number of carbonyl (C=O) groups excluding carboxylic acids is 2. The highest BCUT2D eigenvalue weighted by Gasteiger charge is 2.25. The van der Waals surface area contributed by atoms with Crippen LogP contribution in [0, 0.1) is 5.92 Å². The number of hydrogen-bond acceptors (Lipinski definition) is 3. The minimum atomic E-state index is -0.528. The van der Waals surface area contributed by atoms with Crippen LogP contribution in [0.2, 0.25) is 0 Å². The van der Waals surface area contributed by atoms with Crippen molar-refractivity contribution in [2.24, 2.45) is 5.92 Å². The molecular formula is C15H19NO3. The van der Waals surface area contributed by atoms with Crippen LogP contribution >= 0.6 is 0 Å². The fraction of sp³-hybridized carbons (Fsp3) is 0.467. The van der Waals surface area contributed by atoms with Gasteiger partial charge in [0.1, 0.15) is 6.04 Å². The van der Waals surface area contributed by atoms with Crippen LogP contribution in [0.4, 0.5) is 0 Å². The van der Waals surface area contributed by atoms with Crippen LogP contribution in [0.25, 0.3) is 0 Å². The average molecular weight is 261 g/mol. The van der Waals surface area contributed by atoms with Gasteiger partial charge in [-0.05, 0) is 5.56 Å². The minimum Gasteiger partial charge on any atom is -0.381 e. The number of ketones is 1. The van der Waals surface area contributed by atoms with Crippen molar-refractivity contribution >= 4 is 11.7 Å². The Morgan fingerprint density at radius 3 is 2.53 bits per heavy atom. The van der Waals surface area contributed by atoms with E-state index in [2.05, 4.69) is 5.32 Å². The zero-order chi connectivity index (χ0) is 13.7. The third-order valence-electron chi connectivity index (χ3n) is 3.29. The molecule has 4 heteroatoms. The van der Waals surface area contributed by atoms with E-state index >= 15 is 0 Å². The Hall–Kier alpha value is -1.68. The first-order valence-corrected chi connectivity index (χ1v) is 6.65. The summed E-state index contributed by atoms with van der Waals surface area (Å²) in [6, 6.07) is 8.84. The Morgan fingerprint density at radius 1 is 1.32 bits per heavy atom. The highest BCUT2D eigenvalue weighted by molar-refractivity contribution is 5.89. The lowest BCUT2D eigenvalue weighted by Crippen LogP contribution is -2.38. The molecule has 1 saturated heterocycles. The molecule has 4 nitrogen and oxygen atoms in total. The summed E-state index contributed by atoms with van der Waals surface area (Å²) in [4.78, 5) is 23.9. The van der Waals surface area contributed by atoms with Gasteiger partial charge in [-0.3, -0.25) is 9.59 Å². The number of nitrogens with one attached hydrogen (secondary N) is 1. The van der Waals surface area contributed by atoms with E-state index in [-0.39, 0.29) is 11.7 Å². The molecule has 0 radical (unpaired) electrons. The van der Waals surface area contributed by atoms with Crippen LogP contribution in [0.15, 0.2) is 30.3 Å². The summed E-state index contributed by atoms with van der Waals surface area (Å²) in [6.07, 6.45) is 0.840. The Balaban J connectivity index is 2.01.